The van der Waals surface area contributed by atoms with Gasteiger partial charge >= 0.3 is 5.97 Å². The summed E-state index contributed by atoms with van der Waals surface area (Å²) in [5, 5.41) is 50.5. The lowest BCUT2D eigenvalue weighted by Gasteiger charge is -2.46. The van der Waals surface area contributed by atoms with Gasteiger partial charge in [0, 0.05) is 11.3 Å². The molecule has 2 unspecified atom stereocenters. The molecule has 2 rings (SSSR count). The topological polar surface area (TPSA) is 130 Å². The Bertz CT molecular complexity index is 382. The minimum Gasteiger partial charge on any atom is -0.480 e. The molecule has 2 aliphatic rings. The van der Waals surface area contributed by atoms with Gasteiger partial charge < -0.3 is 30.8 Å². The number of nitrogens with one attached hydrogen (secondary N) is 1. The van der Waals surface area contributed by atoms with Crippen LogP contribution in [0.3, 0.4) is 0 Å². The summed E-state index contributed by atoms with van der Waals surface area (Å²) in [5.74, 6) is -0.922. The van der Waals surface area contributed by atoms with Crippen LogP contribution in [0.25, 0.3) is 0 Å². The number of rotatable bonds is 5. The summed E-state index contributed by atoms with van der Waals surface area (Å²) in [6.45, 7) is -0.407. The van der Waals surface area contributed by atoms with Gasteiger partial charge in [-0.25, -0.2) is 0 Å². The molecule has 22 heavy (non-hydrogen) atoms. The van der Waals surface area contributed by atoms with E-state index in [0.717, 1.165) is 25.7 Å². The van der Waals surface area contributed by atoms with E-state index >= 15 is 0 Å². The van der Waals surface area contributed by atoms with Crippen molar-refractivity contribution in [3.8, 4) is 0 Å². The summed E-state index contributed by atoms with van der Waals surface area (Å²) in [4.78, 5) is 10.8. The number of hydrogen-bond donors (Lipinski definition) is 6. The standard InChI is InChI=1S/C14H25NO6S/c16-6-9-11(19)12(20)13(21)14(22-9)7-3-1-2-4-8(7)15-5-10(17)18/h7-9,11-16,19-21H,1-6H2,(H,17,18)/t7?,8?,9-,11+,12+,13-,14+/m1/s1. The normalized spacial score (nSPS) is 43.0. The lowest BCUT2D eigenvalue weighted by molar-refractivity contribution is -0.136. The number of aliphatic hydroxyl groups is 4. The third kappa shape index (κ3) is 3.93. The van der Waals surface area contributed by atoms with Gasteiger partial charge in [0.25, 0.3) is 0 Å². The molecule has 7 nitrogen and oxygen atoms in total. The fourth-order valence-corrected chi connectivity index (χ4v) is 5.17. The lowest BCUT2D eigenvalue weighted by atomic mass is 9.79. The van der Waals surface area contributed by atoms with Crippen molar-refractivity contribution in [3.05, 3.63) is 0 Å². The number of carboxylic acid groups (broad SMARTS) is 1. The van der Waals surface area contributed by atoms with Crippen LogP contribution in [-0.2, 0) is 4.79 Å². The van der Waals surface area contributed by atoms with Crippen molar-refractivity contribution >= 4 is 17.7 Å². The second kappa shape index (κ2) is 7.94. The summed E-state index contributed by atoms with van der Waals surface area (Å²) >= 11 is 1.30. The van der Waals surface area contributed by atoms with Gasteiger partial charge in [0.1, 0.15) is 6.10 Å². The minimum atomic E-state index is -1.29. The second-order valence-corrected chi connectivity index (χ2v) is 7.54. The lowest BCUT2D eigenvalue weighted by Crippen LogP contribution is -2.58. The van der Waals surface area contributed by atoms with Crippen LogP contribution in [0.1, 0.15) is 25.7 Å². The van der Waals surface area contributed by atoms with Gasteiger partial charge in [-0.15, -0.1) is 11.8 Å². The highest BCUT2D eigenvalue weighted by molar-refractivity contribution is 8.00. The molecule has 0 bridgehead atoms. The Hall–Kier alpha value is -0.380. The van der Waals surface area contributed by atoms with Crippen molar-refractivity contribution < 1.29 is 30.3 Å². The van der Waals surface area contributed by atoms with E-state index in [1.54, 1.807) is 0 Å². The fraction of sp³-hybridized carbons (Fsp3) is 0.929. The van der Waals surface area contributed by atoms with Crippen LogP contribution >= 0.6 is 11.8 Å². The van der Waals surface area contributed by atoms with E-state index in [1.165, 1.54) is 11.8 Å². The Labute approximate surface area is 133 Å². The van der Waals surface area contributed by atoms with E-state index in [2.05, 4.69) is 5.32 Å². The SMILES string of the molecule is O=C(O)CNC1CCCCC1[C@@H]1S[C@H](CO)[C@H](O)[C@H](O)[C@H]1O. The van der Waals surface area contributed by atoms with Crippen molar-refractivity contribution in [2.75, 3.05) is 13.2 Å². The van der Waals surface area contributed by atoms with Gasteiger partial charge in [0.15, 0.2) is 0 Å². The number of thioether (sulfide) groups is 1. The molecule has 0 radical (unpaired) electrons. The van der Waals surface area contributed by atoms with E-state index in [0.29, 0.717) is 0 Å². The van der Waals surface area contributed by atoms with E-state index in [9.17, 15) is 25.2 Å². The molecule has 0 amide bonds. The van der Waals surface area contributed by atoms with Crippen LogP contribution in [0.4, 0.5) is 0 Å². The summed E-state index contributed by atoms with van der Waals surface area (Å²) in [6, 6.07) is -0.0428. The second-order valence-electron chi connectivity index (χ2n) is 6.12. The third-order valence-corrected chi connectivity index (χ3v) is 6.41. The molecule has 0 aromatic rings. The van der Waals surface area contributed by atoms with Crippen LogP contribution in [0.5, 0.6) is 0 Å². The van der Waals surface area contributed by atoms with Crippen LogP contribution in [0, 0.1) is 5.92 Å². The maximum absolute atomic E-state index is 10.8. The van der Waals surface area contributed by atoms with Gasteiger partial charge in [0.05, 0.1) is 30.6 Å². The molecule has 7 atom stereocenters. The Morgan fingerprint density at radius 1 is 1.09 bits per heavy atom. The Morgan fingerprint density at radius 2 is 1.77 bits per heavy atom. The summed E-state index contributed by atoms with van der Waals surface area (Å²) in [5.41, 5.74) is 0. The van der Waals surface area contributed by atoms with Gasteiger partial charge in [-0.1, -0.05) is 12.8 Å². The average Bonchev–Trinajstić information content (AvgIpc) is 2.51. The number of aliphatic carboxylic acids is 1. The van der Waals surface area contributed by atoms with Crippen molar-refractivity contribution in [1.29, 1.82) is 0 Å². The quantitative estimate of drug-likeness (QED) is 0.369. The highest BCUT2D eigenvalue weighted by Crippen LogP contribution is 2.41. The zero-order valence-corrected chi connectivity index (χ0v) is 13.2. The predicted molar refractivity (Wildman–Crippen MR) is 81.7 cm³/mol. The molecule has 6 N–H and O–H groups in total. The molecule has 0 spiro atoms. The zero-order chi connectivity index (χ0) is 16.3. The molecule has 1 heterocycles. The maximum Gasteiger partial charge on any atom is 0.317 e. The Kier molecular flexibility index (Phi) is 6.48. The molecule has 0 aromatic carbocycles. The molecular weight excluding hydrogens is 310 g/mol. The van der Waals surface area contributed by atoms with Gasteiger partial charge in [0.2, 0.25) is 0 Å². The van der Waals surface area contributed by atoms with Crippen molar-refractivity contribution in [2.24, 2.45) is 5.92 Å². The average molecular weight is 335 g/mol. The molecule has 0 aromatic heterocycles. The highest BCUT2D eigenvalue weighted by Gasteiger charge is 2.47. The molecule has 1 aliphatic carbocycles. The van der Waals surface area contributed by atoms with Gasteiger partial charge in [-0.05, 0) is 18.8 Å². The first-order valence-corrected chi connectivity index (χ1v) is 8.65. The fourth-order valence-electron chi connectivity index (χ4n) is 3.51. The molecule has 1 saturated heterocycles. The van der Waals surface area contributed by atoms with Crippen LogP contribution in [-0.4, -0.2) is 79.5 Å². The summed E-state index contributed by atoms with van der Waals surface area (Å²) < 4.78 is 0. The first-order valence-electron chi connectivity index (χ1n) is 7.71. The van der Waals surface area contributed by atoms with E-state index in [4.69, 9.17) is 5.11 Å². The molecule has 8 heteroatoms. The predicted octanol–water partition coefficient (Wildman–Crippen LogP) is -1.22. The minimum absolute atomic E-state index is 0.00398. The number of aliphatic hydroxyl groups excluding tert-OH is 4. The zero-order valence-electron chi connectivity index (χ0n) is 12.3. The largest absolute Gasteiger partial charge is 0.480 e. The smallest absolute Gasteiger partial charge is 0.317 e. The molecule has 128 valence electrons. The van der Waals surface area contributed by atoms with Crippen LogP contribution in [0.2, 0.25) is 0 Å². The maximum atomic E-state index is 10.8. The molecule has 2 fully saturated rings. The number of hydrogen-bond acceptors (Lipinski definition) is 7. The van der Waals surface area contributed by atoms with Gasteiger partial charge in [-0.2, -0.15) is 0 Å². The monoisotopic (exact) mass is 335 g/mol. The number of carbonyl (C=O) groups is 1. The van der Waals surface area contributed by atoms with E-state index in [-0.39, 0.29) is 30.4 Å². The molecule has 1 aliphatic heterocycles. The van der Waals surface area contributed by atoms with E-state index < -0.39 is 29.5 Å². The summed E-state index contributed by atoms with van der Waals surface area (Å²) in [7, 11) is 0. The Morgan fingerprint density at radius 3 is 2.41 bits per heavy atom. The van der Waals surface area contributed by atoms with Crippen molar-refractivity contribution in [2.45, 2.75) is 60.5 Å². The molecule has 1 saturated carbocycles. The molecular formula is C14H25NO6S. The van der Waals surface area contributed by atoms with E-state index in [1.807, 2.05) is 0 Å². The van der Waals surface area contributed by atoms with Crippen LogP contribution in [0.15, 0.2) is 0 Å². The van der Waals surface area contributed by atoms with Crippen LogP contribution < -0.4 is 5.32 Å². The number of carboxylic acids is 1. The van der Waals surface area contributed by atoms with Gasteiger partial charge in [-0.3, -0.25) is 4.79 Å². The Balaban J connectivity index is 2.09. The highest BCUT2D eigenvalue weighted by atomic mass is 32.2. The van der Waals surface area contributed by atoms with Crippen molar-refractivity contribution in [3.63, 3.8) is 0 Å². The first-order chi connectivity index (χ1) is 10.5. The first kappa shape index (κ1) is 18.0. The summed E-state index contributed by atoms with van der Waals surface area (Å²) in [6.07, 6.45) is 0.107. The third-order valence-electron chi connectivity index (χ3n) is 4.69. The van der Waals surface area contributed by atoms with Crippen molar-refractivity contribution in [1.82, 2.24) is 5.32 Å².